The number of nitrogens with zero attached hydrogens (tertiary/aromatic N) is 1. The van der Waals surface area contributed by atoms with Crippen molar-refractivity contribution in [3.63, 3.8) is 0 Å². The molecule has 0 saturated carbocycles. The minimum atomic E-state index is -1.58. The Morgan fingerprint density at radius 3 is 1.11 bits per heavy atom. The van der Waals surface area contributed by atoms with E-state index in [9.17, 15) is 67.7 Å². The van der Waals surface area contributed by atoms with Gasteiger partial charge in [-0.1, -0.05) is 24.3 Å². The molecule has 108 heavy (non-hydrogen) atoms. The van der Waals surface area contributed by atoms with Crippen LogP contribution in [-0.2, 0) is 65.6 Å². The topological polar surface area (TPSA) is 714 Å². The van der Waals surface area contributed by atoms with Gasteiger partial charge >= 0.3 is 12.1 Å². The summed E-state index contributed by atoms with van der Waals surface area (Å²) in [5.74, 6) is -11.6. The van der Waals surface area contributed by atoms with Gasteiger partial charge in [-0.05, 0) is 138 Å². The summed E-state index contributed by atoms with van der Waals surface area (Å²) in [5, 5.41) is 79.0. The Kier molecular flexibility index (Phi) is 41.6. The number of hydrogen-bond donors (Lipinski definition) is 29. The zero-order chi connectivity index (χ0) is 80.4. The van der Waals surface area contributed by atoms with E-state index in [1.807, 2.05) is 0 Å². The summed E-state index contributed by atoms with van der Waals surface area (Å²) in [7, 11) is 0. The van der Waals surface area contributed by atoms with E-state index in [-0.39, 0.29) is 183 Å². The van der Waals surface area contributed by atoms with Crippen LogP contribution in [-0.4, -0.2) is 234 Å². The lowest BCUT2D eigenvalue weighted by molar-refractivity contribution is -0.142. The van der Waals surface area contributed by atoms with Crippen LogP contribution >= 0.6 is 25.3 Å². The van der Waals surface area contributed by atoms with Crippen molar-refractivity contribution in [2.75, 3.05) is 57.3 Å². The molecule has 43 heteroatoms. The molecule has 0 spiro atoms. The van der Waals surface area contributed by atoms with Crippen LogP contribution in [0, 0.1) is 16.2 Å². The zero-order valence-electron chi connectivity index (χ0n) is 60.0. The summed E-state index contributed by atoms with van der Waals surface area (Å²) in [4.78, 5) is 181. The van der Waals surface area contributed by atoms with Crippen molar-refractivity contribution in [1.82, 2.24) is 79.3 Å². The molecule has 15 amide bonds. The van der Waals surface area contributed by atoms with Crippen molar-refractivity contribution in [3.8, 4) is 11.5 Å². The lowest BCUT2D eigenvalue weighted by Gasteiger charge is -2.31. The van der Waals surface area contributed by atoms with E-state index >= 15 is 4.79 Å². The van der Waals surface area contributed by atoms with Crippen LogP contribution in [0.15, 0.2) is 48.5 Å². The molecule has 1 fully saturated rings. The number of urea groups is 2. The smallest absolute Gasteiger partial charge is 0.312 e. The van der Waals surface area contributed by atoms with Gasteiger partial charge in [-0.2, -0.15) is 25.3 Å². The standard InChI is InChI=1S/C65H108N26O15S2/c66-24-2-1-9-41(83-52(96)42(11-4-26-78-62(71)72)85-56(100)46(88-51(95)39(67)33-107)31-35-16-20-37(92)21-17-35)54(98)87-45(14-7-29-81-65(76)106)60(104)91-30-8-15-49(91)59(103)89-47(32-36-18-22-38(93)23-19-36)57(101)86-43(12-5-27-79-63(73)74)53(97)84-44(13-6-28-80-64(75)105)55(99)90-48(34-108)58(102)82-40(50(68)94)10-3-25-77-61(69)70/h16-23,39-49,92-93,107-108H,1-15,24-34,66-67H2,(H2,68,94)(H,82,102)(H,83,96)(H,84,97)(H,85,100)(H,86,101)(H,87,98)(H,88,95)(H,89,103)(H,90,99)(H4,69,70,77)(H4,71,72,78)(H4,73,74,79)(H3,75,80,105)(H3,76,81,106)/t39-,40-,41-,42-,43-,44-,45+,46-,47-,48-,49-/m0/s1. The Balaban J connectivity index is 2.06. The largest absolute Gasteiger partial charge is 0.508 e. The summed E-state index contributed by atoms with van der Waals surface area (Å²) >= 11 is 8.33. The maximum atomic E-state index is 15.1. The van der Waals surface area contributed by atoms with Crippen molar-refractivity contribution < 1.29 is 72.5 Å². The van der Waals surface area contributed by atoms with E-state index in [0.29, 0.717) is 17.5 Å². The first kappa shape index (κ1) is 91.4. The third-order valence-corrected chi connectivity index (χ3v) is 17.6. The zero-order valence-corrected chi connectivity index (χ0v) is 61.8. The fourth-order valence-electron chi connectivity index (χ4n) is 11.1. The minimum Gasteiger partial charge on any atom is -0.508 e. The Hall–Kier alpha value is -10.8. The highest BCUT2D eigenvalue weighted by molar-refractivity contribution is 7.80. The van der Waals surface area contributed by atoms with Crippen molar-refractivity contribution >= 4 is 120 Å². The molecule has 35 N–H and O–H groups in total. The molecular formula is C65H108N26O15S2. The van der Waals surface area contributed by atoms with Gasteiger partial charge in [0.25, 0.3) is 0 Å². The van der Waals surface area contributed by atoms with Gasteiger partial charge in [-0.3, -0.25) is 69.0 Å². The van der Waals surface area contributed by atoms with Crippen molar-refractivity contribution in [1.29, 1.82) is 16.2 Å². The highest BCUT2D eigenvalue weighted by Gasteiger charge is 2.41. The molecule has 11 atom stereocenters. The first-order valence-corrected chi connectivity index (χ1v) is 36.4. The Labute approximate surface area is 635 Å². The van der Waals surface area contributed by atoms with E-state index in [4.69, 9.17) is 62.1 Å². The molecule has 2 aromatic carbocycles. The normalized spacial score (nSPS) is 15.1. The average molecular weight is 1560 g/mol. The number of carbonyl (C=O) groups excluding carboxylic acids is 13. The maximum absolute atomic E-state index is 15.1. The van der Waals surface area contributed by atoms with Crippen molar-refractivity contribution in [3.05, 3.63) is 59.7 Å². The number of guanidine groups is 3. The quantitative estimate of drug-likeness (QED) is 0.0127. The number of primary amides is 3. The van der Waals surface area contributed by atoms with Crippen LogP contribution in [0.4, 0.5) is 9.59 Å². The van der Waals surface area contributed by atoms with Gasteiger partial charge in [0.1, 0.15) is 71.9 Å². The molecule has 600 valence electrons. The van der Waals surface area contributed by atoms with E-state index in [1.165, 1.54) is 53.4 Å². The predicted octanol–water partition coefficient (Wildman–Crippen LogP) is -7.27. The molecule has 1 saturated heterocycles. The number of rotatable bonds is 50. The van der Waals surface area contributed by atoms with Crippen LogP contribution < -0.4 is 120 Å². The average Bonchev–Trinajstić information content (AvgIpc) is 1.58. The maximum Gasteiger partial charge on any atom is 0.312 e. The number of amides is 15. The predicted molar refractivity (Wildman–Crippen MR) is 405 cm³/mol. The molecule has 3 rings (SSSR count). The lowest BCUT2D eigenvalue weighted by Crippen LogP contribution is -2.61. The Morgan fingerprint density at radius 2 is 0.741 bits per heavy atom. The molecule has 1 aliphatic rings. The fourth-order valence-corrected chi connectivity index (χ4v) is 11.5. The van der Waals surface area contributed by atoms with E-state index in [0.717, 1.165) is 0 Å². The van der Waals surface area contributed by atoms with Gasteiger partial charge < -0.3 is 135 Å². The van der Waals surface area contributed by atoms with Crippen molar-refractivity contribution in [2.45, 2.75) is 176 Å². The third kappa shape index (κ3) is 35.1. The Morgan fingerprint density at radius 1 is 0.417 bits per heavy atom. The molecule has 1 aliphatic heterocycles. The molecule has 0 unspecified atom stereocenters. The van der Waals surface area contributed by atoms with Gasteiger partial charge in [0, 0.05) is 63.6 Å². The highest BCUT2D eigenvalue weighted by Crippen LogP contribution is 2.22. The first-order valence-electron chi connectivity index (χ1n) is 35.1. The monoisotopic (exact) mass is 1560 g/mol. The van der Waals surface area contributed by atoms with Crippen LogP contribution in [0.1, 0.15) is 107 Å². The molecule has 0 radical (unpaired) electrons. The van der Waals surface area contributed by atoms with Gasteiger partial charge in [-0.15, -0.1) is 0 Å². The summed E-state index contributed by atoms with van der Waals surface area (Å²) in [6.45, 7) is 0.131. The van der Waals surface area contributed by atoms with Crippen LogP contribution in [0.3, 0.4) is 0 Å². The number of phenolic OH excluding ortho intramolecular Hbond substituents is 2. The molecule has 2 aromatic rings. The number of unbranched alkanes of at least 4 members (excludes halogenated alkanes) is 1. The fraction of sp³-hybridized carbons (Fsp3) is 0.569. The van der Waals surface area contributed by atoms with E-state index < -0.39 is 149 Å². The second kappa shape index (κ2) is 49.1. The second-order valence-electron chi connectivity index (χ2n) is 25.5. The number of benzene rings is 2. The number of nitrogens with one attached hydrogen (secondary N) is 17. The summed E-state index contributed by atoms with van der Waals surface area (Å²) in [6, 6.07) is -5.99. The highest BCUT2D eigenvalue weighted by atomic mass is 32.1. The molecule has 1 heterocycles. The van der Waals surface area contributed by atoms with Gasteiger partial charge in [0.05, 0.1) is 6.04 Å². The lowest BCUT2D eigenvalue weighted by atomic mass is 10.0. The number of aromatic hydroxyl groups is 2. The SMILES string of the molecule is N=C(N)NCCC[C@H](NC(=O)[C@H](CS)NC(=O)[C@H](CCCNC(N)=O)NC(=O)[C@H](CCCNC(=N)N)NC(=O)[C@H](Cc1ccc(O)cc1)NC(=O)[C@@H]1CCCN1C(=O)[C@@H](CCCNC(N)=O)NC(=O)[C@H](CCCCN)NC(=O)[C@H](CCCNC(=N)N)NC(=O)[C@H](Cc1ccc(O)cc1)NC(=O)[C@@H](N)CS)C(N)=O. The number of thiol groups is 2. The van der Waals surface area contributed by atoms with Crippen LogP contribution in [0.2, 0.25) is 0 Å². The van der Waals surface area contributed by atoms with Crippen LogP contribution in [0.5, 0.6) is 11.5 Å². The third-order valence-electron chi connectivity index (χ3n) is 16.9. The molecule has 0 aliphatic carbocycles. The van der Waals surface area contributed by atoms with Gasteiger partial charge in [-0.25, -0.2) is 9.59 Å². The van der Waals surface area contributed by atoms with Crippen molar-refractivity contribution in [2.24, 2.45) is 45.9 Å². The van der Waals surface area contributed by atoms with Crippen LogP contribution in [0.25, 0.3) is 0 Å². The number of hydrogen-bond acceptors (Lipinski definition) is 22. The molecule has 0 aromatic heterocycles. The first-order chi connectivity index (χ1) is 51.3. The summed E-state index contributed by atoms with van der Waals surface area (Å²) in [6.07, 6.45) is -0.0159. The summed E-state index contributed by atoms with van der Waals surface area (Å²) < 4.78 is 0. The second-order valence-corrected chi connectivity index (χ2v) is 26.2. The molecular weight excluding hydrogens is 1450 g/mol. The summed E-state index contributed by atoms with van der Waals surface area (Å²) in [5.41, 5.74) is 45.3. The Bertz CT molecular complexity index is 3370. The molecule has 41 nitrogen and oxygen atoms in total. The minimum absolute atomic E-state index is 0.00345. The number of likely N-dealkylation sites (tertiary alicyclic amines) is 1. The van der Waals surface area contributed by atoms with E-state index in [1.54, 1.807) is 0 Å². The number of carbonyl (C=O) groups is 13. The van der Waals surface area contributed by atoms with Gasteiger partial charge in [0.15, 0.2) is 17.9 Å². The van der Waals surface area contributed by atoms with E-state index in [2.05, 4.69) is 99.7 Å². The molecule has 0 bridgehead atoms. The van der Waals surface area contributed by atoms with Gasteiger partial charge in [0.2, 0.25) is 65.0 Å². The number of phenols is 2. The number of nitrogens with two attached hydrogens (primary N) is 8.